The third-order valence-corrected chi connectivity index (χ3v) is 2.88. The molecule has 0 aliphatic carbocycles. The summed E-state index contributed by atoms with van der Waals surface area (Å²) in [5.74, 6) is 0.136. The molecule has 0 bridgehead atoms. The van der Waals surface area contributed by atoms with Crippen LogP contribution in [0.5, 0.6) is 0 Å². The summed E-state index contributed by atoms with van der Waals surface area (Å²) in [5, 5.41) is 0. The molecule has 0 saturated heterocycles. The summed E-state index contributed by atoms with van der Waals surface area (Å²) < 4.78 is 15.8. The molecule has 1 unspecified atom stereocenters. The van der Waals surface area contributed by atoms with E-state index in [2.05, 4.69) is 0 Å². The molecule has 0 spiro atoms. The summed E-state index contributed by atoms with van der Waals surface area (Å²) in [4.78, 5) is 11.1. The molecule has 0 amide bonds. The zero-order chi connectivity index (χ0) is 9.07. The Morgan fingerprint density at radius 2 is 1.82 bits per heavy atom. The van der Waals surface area contributed by atoms with Gasteiger partial charge in [-0.2, -0.15) is 0 Å². The lowest BCUT2D eigenvalue weighted by Gasteiger charge is -2.26. The lowest BCUT2D eigenvalue weighted by Crippen LogP contribution is -2.15. The van der Waals surface area contributed by atoms with Crippen molar-refractivity contribution in [3.05, 3.63) is 0 Å². The van der Waals surface area contributed by atoms with E-state index < -0.39 is 7.60 Å². The first-order valence-corrected chi connectivity index (χ1v) is 5.55. The van der Waals surface area contributed by atoms with E-state index in [0.717, 1.165) is 0 Å². The molecule has 0 radical (unpaired) electrons. The highest BCUT2D eigenvalue weighted by molar-refractivity contribution is 7.51. The molecular weight excluding hydrogens is 163 g/mol. The molecule has 0 heterocycles. The van der Waals surface area contributed by atoms with Crippen LogP contribution in [-0.4, -0.2) is 12.3 Å². The highest BCUT2D eigenvalue weighted by Crippen LogP contribution is 2.40. The zero-order valence-electron chi connectivity index (χ0n) is 7.53. The van der Waals surface area contributed by atoms with Crippen LogP contribution in [0.2, 0.25) is 0 Å². The molecule has 0 saturated carbocycles. The fourth-order valence-corrected chi connectivity index (χ4v) is 2.43. The highest BCUT2D eigenvalue weighted by atomic mass is 31.2. The van der Waals surface area contributed by atoms with Gasteiger partial charge in [0.05, 0.1) is 6.10 Å². The summed E-state index contributed by atoms with van der Waals surface area (Å²) in [7, 11) is -3.55. The SMILES string of the molecule is CC(C)CP(=O)([O-])OC(C)C. The Morgan fingerprint density at radius 3 is 2.09 bits per heavy atom. The fraction of sp³-hybridized carbons (Fsp3) is 1.00. The van der Waals surface area contributed by atoms with Crippen molar-refractivity contribution < 1.29 is 14.0 Å². The zero-order valence-corrected chi connectivity index (χ0v) is 8.43. The van der Waals surface area contributed by atoms with Crippen LogP contribution in [0.1, 0.15) is 27.7 Å². The predicted molar refractivity (Wildman–Crippen MR) is 43.5 cm³/mol. The normalized spacial score (nSPS) is 17.4. The van der Waals surface area contributed by atoms with Crippen molar-refractivity contribution in [2.24, 2.45) is 5.92 Å². The first-order chi connectivity index (χ1) is 4.83. The van der Waals surface area contributed by atoms with E-state index in [-0.39, 0.29) is 18.2 Å². The lowest BCUT2D eigenvalue weighted by atomic mass is 10.3. The average molecular weight is 179 g/mol. The van der Waals surface area contributed by atoms with Gasteiger partial charge in [-0.1, -0.05) is 13.8 Å². The maximum absolute atomic E-state index is 11.1. The van der Waals surface area contributed by atoms with Crippen LogP contribution in [0.15, 0.2) is 0 Å². The molecule has 0 N–H and O–H groups in total. The minimum Gasteiger partial charge on any atom is -0.778 e. The van der Waals surface area contributed by atoms with E-state index in [1.165, 1.54) is 0 Å². The lowest BCUT2D eigenvalue weighted by molar-refractivity contribution is -0.201. The molecule has 0 rings (SSSR count). The molecule has 11 heavy (non-hydrogen) atoms. The maximum Gasteiger partial charge on any atom is 0.135 e. The van der Waals surface area contributed by atoms with Gasteiger partial charge in [0.25, 0.3) is 0 Å². The molecule has 0 aliphatic rings. The minimum absolute atomic E-state index is 0.130. The Hall–Kier alpha value is 0.150. The van der Waals surface area contributed by atoms with Crippen molar-refractivity contribution >= 4 is 7.60 Å². The number of hydrogen-bond donors (Lipinski definition) is 0. The number of hydrogen-bond acceptors (Lipinski definition) is 3. The molecule has 0 aliphatic heterocycles. The molecule has 0 aromatic carbocycles. The molecule has 4 heteroatoms. The molecule has 0 aromatic rings. The van der Waals surface area contributed by atoms with Crippen molar-refractivity contribution in [1.82, 2.24) is 0 Å². The highest BCUT2D eigenvalue weighted by Gasteiger charge is 2.12. The molecule has 1 atom stereocenters. The third kappa shape index (κ3) is 6.54. The molecule has 3 nitrogen and oxygen atoms in total. The van der Waals surface area contributed by atoms with Gasteiger partial charge < -0.3 is 14.0 Å². The van der Waals surface area contributed by atoms with E-state index in [0.29, 0.717) is 0 Å². The minimum atomic E-state index is -3.55. The van der Waals surface area contributed by atoms with Gasteiger partial charge in [0.15, 0.2) is 0 Å². The van der Waals surface area contributed by atoms with Gasteiger partial charge in [0.2, 0.25) is 0 Å². The second kappa shape index (κ2) is 4.24. The summed E-state index contributed by atoms with van der Waals surface area (Å²) in [6, 6.07) is 0. The van der Waals surface area contributed by atoms with Crippen LogP contribution in [0.25, 0.3) is 0 Å². The van der Waals surface area contributed by atoms with Crippen LogP contribution >= 0.6 is 7.60 Å². The van der Waals surface area contributed by atoms with Crippen molar-refractivity contribution in [2.45, 2.75) is 33.8 Å². The molecular formula is C7H16O3P-. The van der Waals surface area contributed by atoms with Crippen molar-refractivity contribution in [2.75, 3.05) is 6.16 Å². The van der Waals surface area contributed by atoms with Gasteiger partial charge >= 0.3 is 0 Å². The summed E-state index contributed by atoms with van der Waals surface area (Å²) in [6.45, 7) is 7.14. The average Bonchev–Trinajstić information content (AvgIpc) is 1.53. The largest absolute Gasteiger partial charge is 0.778 e. The van der Waals surface area contributed by atoms with Crippen molar-refractivity contribution in [1.29, 1.82) is 0 Å². The Kier molecular flexibility index (Phi) is 4.30. The van der Waals surface area contributed by atoms with Crippen molar-refractivity contribution in [3.8, 4) is 0 Å². The van der Waals surface area contributed by atoms with E-state index in [1.807, 2.05) is 13.8 Å². The van der Waals surface area contributed by atoms with Crippen LogP contribution in [0.4, 0.5) is 0 Å². The Morgan fingerprint density at radius 1 is 1.36 bits per heavy atom. The second-order valence-corrected chi connectivity index (χ2v) is 5.14. The number of rotatable bonds is 4. The van der Waals surface area contributed by atoms with Crippen LogP contribution < -0.4 is 4.89 Å². The Bertz CT molecular complexity index is 140. The van der Waals surface area contributed by atoms with E-state index >= 15 is 0 Å². The van der Waals surface area contributed by atoms with E-state index in [4.69, 9.17) is 4.52 Å². The van der Waals surface area contributed by atoms with E-state index in [1.54, 1.807) is 13.8 Å². The van der Waals surface area contributed by atoms with Gasteiger partial charge in [-0.15, -0.1) is 0 Å². The maximum atomic E-state index is 11.1. The second-order valence-electron chi connectivity index (χ2n) is 3.34. The molecule has 0 aromatic heterocycles. The Balaban J connectivity index is 3.91. The van der Waals surface area contributed by atoms with Crippen molar-refractivity contribution in [3.63, 3.8) is 0 Å². The molecule has 68 valence electrons. The van der Waals surface area contributed by atoms with Crippen LogP contribution in [-0.2, 0) is 9.09 Å². The van der Waals surface area contributed by atoms with Gasteiger partial charge in [-0.25, -0.2) is 0 Å². The van der Waals surface area contributed by atoms with Gasteiger partial charge in [0.1, 0.15) is 7.60 Å². The first kappa shape index (κ1) is 11.2. The fourth-order valence-electron chi connectivity index (χ4n) is 0.811. The standard InChI is InChI=1S/C7H17O3P/c1-6(2)5-11(8,9)10-7(3)4/h6-7H,5H2,1-4H3,(H,8,9)/p-1. The summed E-state index contributed by atoms with van der Waals surface area (Å²) in [6.07, 6.45) is -0.109. The summed E-state index contributed by atoms with van der Waals surface area (Å²) >= 11 is 0. The topological polar surface area (TPSA) is 49.4 Å². The van der Waals surface area contributed by atoms with Crippen LogP contribution in [0.3, 0.4) is 0 Å². The summed E-state index contributed by atoms with van der Waals surface area (Å²) in [5.41, 5.74) is 0. The monoisotopic (exact) mass is 179 g/mol. The van der Waals surface area contributed by atoms with Gasteiger partial charge in [-0.05, 0) is 19.8 Å². The first-order valence-electron chi connectivity index (χ1n) is 3.82. The third-order valence-electron chi connectivity index (χ3n) is 0.960. The quantitative estimate of drug-likeness (QED) is 0.616. The van der Waals surface area contributed by atoms with Gasteiger partial charge in [-0.3, -0.25) is 0 Å². The molecule has 0 fully saturated rings. The van der Waals surface area contributed by atoms with E-state index in [9.17, 15) is 9.46 Å². The smallest absolute Gasteiger partial charge is 0.135 e. The Labute approximate surface area is 68.3 Å². The van der Waals surface area contributed by atoms with Gasteiger partial charge in [0, 0.05) is 6.16 Å². The van der Waals surface area contributed by atoms with Crippen LogP contribution in [0, 0.1) is 5.92 Å². The predicted octanol–water partition coefficient (Wildman–Crippen LogP) is 1.62.